The summed E-state index contributed by atoms with van der Waals surface area (Å²) in [5, 5.41) is 5.69. The first-order chi connectivity index (χ1) is 9.43. The number of hydrogen-bond donors (Lipinski definition) is 1. The van der Waals surface area contributed by atoms with Crippen molar-refractivity contribution in [2.24, 2.45) is 5.14 Å². The van der Waals surface area contributed by atoms with E-state index in [9.17, 15) is 12.8 Å². The fraction of sp³-hybridized carbons (Fsp3) is 0.250. The summed E-state index contributed by atoms with van der Waals surface area (Å²) in [7, 11) is -3.71. The number of rotatable bonds is 2. The molecule has 1 aromatic heterocycles. The first kappa shape index (κ1) is 13.5. The Hall–Kier alpha value is -1.51. The van der Waals surface area contributed by atoms with E-state index >= 15 is 0 Å². The molecule has 0 amide bonds. The smallest absolute Gasteiger partial charge is 0.249 e. The molecular weight excluding hydrogens is 301 g/mol. The molecule has 1 aliphatic rings. The van der Waals surface area contributed by atoms with Crippen molar-refractivity contribution in [2.45, 2.75) is 17.2 Å². The minimum atomic E-state index is -3.71. The number of nitrogens with zero attached hydrogens (tertiary/aromatic N) is 2. The van der Waals surface area contributed by atoms with E-state index in [2.05, 4.69) is 4.98 Å². The first-order valence-corrected chi connectivity index (χ1v) is 8.30. The first-order valence-electron chi connectivity index (χ1n) is 5.94. The summed E-state index contributed by atoms with van der Waals surface area (Å²) >= 11 is 1.05. The summed E-state index contributed by atoms with van der Waals surface area (Å²) in [6.45, 7) is 1.27. The van der Waals surface area contributed by atoms with Crippen LogP contribution in [0.1, 0.15) is 11.1 Å². The van der Waals surface area contributed by atoms with Gasteiger partial charge in [0.25, 0.3) is 0 Å². The molecule has 0 fully saturated rings. The van der Waals surface area contributed by atoms with Gasteiger partial charge in [0.1, 0.15) is 5.82 Å². The highest BCUT2D eigenvalue weighted by Crippen LogP contribution is 2.29. The molecule has 0 spiro atoms. The Balaban J connectivity index is 1.87. The Morgan fingerprint density at radius 2 is 2.15 bits per heavy atom. The van der Waals surface area contributed by atoms with Crippen LogP contribution in [0.5, 0.6) is 0 Å². The van der Waals surface area contributed by atoms with Crippen LogP contribution in [0, 0.1) is 5.82 Å². The average molecular weight is 313 g/mol. The Kier molecular flexibility index (Phi) is 3.23. The van der Waals surface area contributed by atoms with Gasteiger partial charge < -0.3 is 4.90 Å². The standard InChI is InChI=1S/C12H12FN3O2S2/c13-10-2-1-9-7-16(4-3-8(9)5-10)12-15-6-11(19-12)20(14,17)18/h1-2,5-6H,3-4,7H2,(H2,14,17,18). The van der Waals surface area contributed by atoms with Gasteiger partial charge in [0.2, 0.25) is 10.0 Å². The lowest BCUT2D eigenvalue weighted by Gasteiger charge is -2.28. The molecule has 0 radical (unpaired) electrons. The second kappa shape index (κ2) is 4.80. The SMILES string of the molecule is NS(=O)(=O)c1cnc(N2CCc3cc(F)ccc3C2)s1. The van der Waals surface area contributed by atoms with Gasteiger partial charge in [0.05, 0.1) is 6.20 Å². The van der Waals surface area contributed by atoms with Gasteiger partial charge in [-0.05, 0) is 29.7 Å². The molecule has 0 bridgehead atoms. The van der Waals surface area contributed by atoms with Crippen molar-refractivity contribution in [3.05, 3.63) is 41.3 Å². The lowest BCUT2D eigenvalue weighted by Crippen LogP contribution is -2.30. The minimum Gasteiger partial charge on any atom is -0.343 e. The Morgan fingerprint density at radius 1 is 1.35 bits per heavy atom. The zero-order valence-electron chi connectivity index (χ0n) is 10.4. The third-order valence-corrected chi connectivity index (χ3v) is 5.67. The van der Waals surface area contributed by atoms with E-state index in [0.29, 0.717) is 24.6 Å². The molecule has 3 rings (SSSR count). The van der Waals surface area contributed by atoms with E-state index in [-0.39, 0.29) is 10.0 Å². The molecule has 106 valence electrons. The maximum absolute atomic E-state index is 13.1. The fourth-order valence-electron chi connectivity index (χ4n) is 2.21. The Bertz CT molecular complexity index is 758. The average Bonchev–Trinajstić information content (AvgIpc) is 2.87. The largest absolute Gasteiger partial charge is 0.343 e. The summed E-state index contributed by atoms with van der Waals surface area (Å²) < 4.78 is 35.7. The summed E-state index contributed by atoms with van der Waals surface area (Å²) in [6, 6.07) is 4.73. The summed E-state index contributed by atoms with van der Waals surface area (Å²) in [5.74, 6) is -0.233. The van der Waals surface area contributed by atoms with Gasteiger partial charge in [0, 0.05) is 13.1 Å². The zero-order chi connectivity index (χ0) is 14.3. The number of benzene rings is 1. The molecule has 2 aromatic rings. The zero-order valence-corrected chi connectivity index (χ0v) is 12.0. The molecule has 5 nitrogen and oxygen atoms in total. The Morgan fingerprint density at radius 3 is 2.85 bits per heavy atom. The maximum Gasteiger partial charge on any atom is 0.249 e. The van der Waals surface area contributed by atoms with Crippen LogP contribution in [0.3, 0.4) is 0 Å². The highest BCUT2D eigenvalue weighted by molar-refractivity contribution is 7.91. The molecular formula is C12H12FN3O2S2. The van der Waals surface area contributed by atoms with E-state index in [1.165, 1.54) is 12.3 Å². The van der Waals surface area contributed by atoms with Crippen molar-refractivity contribution >= 4 is 26.5 Å². The maximum atomic E-state index is 13.1. The van der Waals surface area contributed by atoms with Gasteiger partial charge in [-0.25, -0.2) is 22.9 Å². The second-order valence-electron chi connectivity index (χ2n) is 4.59. The molecule has 0 saturated heterocycles. The predicted octanol–water partition coefficient (Wildman–Crippen LogP) is 1.49. The number of sulfonamides is 1. The van der Waals surface area contributed by atoms with Crippen molar-refractivity contribution in [2.75, 3.05) is 11.4 Å². The van der Waals surface area contributed by atoms with E-state index in [4.69, 9.17) is 5.14 Å². The molecule has 0 atom stereocenters. The van der Waals surface area contributed by atoms with Gasteiger partial charge in [-0.3, -0.25) is 0 Å². The van der Waals surface area contributed by atoms with Gasteiger partial charge in [-0.15, -0.1) is 0 Å². The van der Waals surface area contributed by atoms with E-state index < -0.39 is 10.0 Å². The third kappa shape index (κ3) is 2.54. The predicted molar refractivity (Wildman–Crippen MR) is 74.6 cm³/mol. The van der Waals surface area contributed by atoms with Crippen molar-refractivity contribution in [3.8, 4) is 0 Å². The van der Waals surface area contributed by atoms with Crippen LogP contribution in [-0.4, -0.2) is 19.9 Å². The van der Waals surface area contributed by atoms with Crippen molar-refractivity contribution in [1.82, 2.24) is 4.98 Å². The molecule has 0 saturated carbocycles. The van der Waals surface area contributed by atoms with Crippen LogP contribution < -0.4 is 10.0 Å². The molecule has 1 aliphatic heterocycles. The van der Waals surface area contributed by atoms with Crippen molar-refractivity contribution < 1.29 is 12.8 Å². The van der Waals surface area contributed by atoms with Gasteiger partial charge >= 0.3 is 0 Å². The van der Waals surface area contributed by atoms with E-state index in [1.54, 1.807) is 12.1 Å². The molecule has 2 N–H and O–H groups in total. The van der Waals surface area contributed by atoms with Crippen LogP contribution in [0.25, 0.3) is 0 Å². The minimum absolute atomic E-state index is 0.0532. The second-order valence-corrected chi connectivity index (χ2v) is 7.39. The third-order valence-electron chi connectivity index (χ3n) is 3.20. The number of nitrogens with two attached hydrogens (primary N) is 1. The highest BCUT2D eigenvalue weighted by atomic mass is 32.2. The molecule has 8 heteroatoms. The van der Waals surface area contributed by atoms with E-state index in [0.717, 1.165) is 22.5 Å². The van der Waals surface area contributed by atoms with E-state index in [1.807, 2.05) is 4.90 Å². The summed E-state index contributed by atoms with van der Waals surface area (Å²) in [4.78, 5) is 6.08. The molecule has 2 heterocycles. The molecule has 1 aromatic carbocycles. The van der Waals surface area contributed by atoms with Crippen LogP contribution >= 0.6 is 11.3 Å². The van der Waals surface area contributed by atoms with Gasteiger partial charge in [0.15, 0.2) is 9.34 Å². The number of anilines is 1. The van der Waals surface area contributed by atoms with Gasteiger partial charge in [-0.1, -0.05) is 17.4 Å². The Labute approximate surface area is 119 Å². The van der Waals surface area contributed by atoms with Crippen LogP contribution in [0.15, 0.2) is 28.6 Å². The molecule has 0 unspecified atom stereocenters. The number of fused-ring (bicyclic) bond motifs is 1. The monoisotopic (exact) mass is 313 g/mol. The highest BCUT2D eigenvalue weighted by Gasteiger charge is 2.21. The fourth-order valence-corrected chi connectivity index (χ4v) is 3.78. The summed E-state index contributed by atoms with van der Waals surface area (Å²) in [5.41, 5.74) is 2.02. The van der Waals surface area contributed by atoms with Crippen LogP contribution in [-0.2, 0) is 23.0 Å². The van der Waals surface area contributed by atoms with Crippen molar-refractivity contribution in [3.63, 3.8) is 0 Å². The van der Waals surface area contributed by atoms with Gasteiger partial charge in [-0.2, -0.15) is 0 Å². The number of hydrogen-bond acceptors (Lipinski definition) is 5. The van der Waals surface area contributed by atoms with Crippen LogP contribution in [0.2, 0.25) is 0 Å². The number of primary sulfonamides is 1. The lowest BCUT2D eigenvalue weighted by molar-refractivity contribution is 0.599. The topological polar surface area (TPSA) is 76.3 Å². The number of aromatic nitrogens is 1. The quantitative estimate of drug-likeness (QED) is 0.911. The van der Waals surface area contributed by atoms with Crippen LogP contribution in [0.4, 0.5) is 9.52 Å². The molecule has 0 aliphatic carbocycles. The normalized spacial score (nSPS) is 15.2. The lowest BCUT2D eigenvalue weighted by atomic mass is 10.0. The van der Waals surface area contributed by atoms with Crippen molar-refractivity contribution in [1.29, 1.82) is 0 Å². The number of halogens is 1. The number of thiazole rings is 1. The summed E-state index contributed by atoms with van der Waals surface area (Å²) in [6.07, 6.45) is 1.98. The molecule has 20 heavy (non-hydrogen) atoms.